The number of amides is 1. The summed E-state index contributed by atoms with van der Waals surface area (Å²) < 4.78 is 4.98. The number of esters is 1. The topological polar surface area (TPSA) is 89.8 Å². The number of likely N-dealkylation sites (tertiary alicyclic amines) is 1. The van der Waals surface area contributed by atoms with Gasteiger partial charge in [0.25, 0.3) is 11.6 Å². The van der Waals surface area contributed by atoms with E-state index < -0.39 is 4.92 Å². The highest BCUT2D eigenvalue weighted by Crippen LogP contribution is 2.26. The van der Waals surface area contributed by atoms with Gasteiger partial charge < -0.3 is 9.64 Å². The number of nitrogens with zero attached hydrogens (tertiary/aromatic N) is 2. The Labute approximate surface area is 138 Å². The number of benzene rings is 1. The number of hydrogen-bond acceptors (Lipinski definition) is 5. The highest BCUT2D eigenvalue weighted by Gasteiger charge is 2.29. The smallest absolute Gasteiger partial charge is 0.309 e. The van der Waals surface area contributed by atoms with E-state index in [0.29, 0.717) is 32.5 Å². The second-order valence-electron chi connectivity index (χ2n) is 5.24. The first-order chi connectivity index (χ1) is 10.9. The number of halogens is 1. The molecule has 1 fully saturated rings. The van der Waals surface area contributed by atoms with Crippen LogP contribution in [0.5, 0.6) is 0 Å². The average Bonchev–Trinajstić information content (AvgIpc) is 2.55. The van der Waals surface area contributed by atoms with Crippen LogP contribution in [0, 0.1) is 16.0 Å². The zero-order valence-electron chi connectivity index (χ0n) is 12.7. The van der Waals surface area contributed by atoms with Gasteiger partial charge in [-0.3, -0.25) is 19.7 Å². The fraction of sp³-hybridized carbons (Fsp3) is 0.467. The van der Waals surface area contributed by atoms with E-state index in [1.807, 2.05) is 0 Å². The fourth-order valence-electron chi connectivity index (χ4n) is 2.54. The quantitative estimate of drug-likeness (QED) is 0.477. The number of non-ortho nitro benzene ring substituents is 1. The van der Waals surface area contributed by atoms with Crippen molar-refractivity contribution < 1.29 is 19.2 Å². The Bertz CT molecular complexity index is 626. The predicted molar refractivity (Wildman–Crippen MR) is 83.4 cm³/mol. The van der Waals surface area contributed by atoms with E-state index in [1.54, 1.807) is 11.8 Å². The largest absolute Gasteiger partial charge is 0.466 e. The van der Waals surface area contributed by atoms with Gasteiger partial charge in [-0.2, -0.15) is 0 Å². The summed E-state index contributed by atoms with van der Waals surface area (Å²) in [5, 5.41) is 11.0. The SMILES string of the molecule is CCOC(=O)C1CCN(C(=O)c2cc([N+](=O)[O-])ccc2Cl)CC1. The zero-order chi connectivity index (χ0) is 17.0. The van der Waals surface area contributed by atoms with Gasteiger partial charge in [0.1, 0.15) is 0 Å². The molecule has 0 aromatic heterocycles. The number of nitro groups is 1. The molecule has 2 rings (SSSR count). The van der Waals surface area contributed by atoms with Crippen molar-refractivity contribution in [3.8, 4) is 0 Å². The Morgan fingerprint density at radius 1 is 1.39 bits per heavy atom. The molecule has 0 unspecified atom stereocenters. The summed E-state index contributed by atoms with van der Waals surface area (Å²) in [6, 6.07) is 3.78. The summed E-state index contributed by atoms with van der Waals surface area (Å²) >= 11 is 5.99. The van der Waals surface area contributed by atoms with E-state index >= 15 is 0 Å². The van der Waals surface area contributed by atoms with Crippen LogP contribution in [0.4, 0.5) is 5.69 Å². The number of hydrogen-bond donors (Lipinski definition) is 0. The van der Waals surface area contributed by atoms with Gasteiger partial charge in [0.15, 0.2) is 0 Å². The minimum absolute atomic E-state index is 0.107. The van der Waals surface area contributed by atoms with Gasteiger partial charge in [-0.1, -0.05) is 11.6 Å². The van der Waals surface area contributed by atoms with Gasteiger partial charge in [-0.15, -0.1) is 0 Å². The van der Waals surface area contributed by atoms with Crippen LogP contribution in [0.25, 0.3) is 0 Å². The van der Waals surface area contributed by atoms with Crippen LogP contribution in [0.1, 0.15) is 30.1 Å². The molecule has 0 N–H and O–H groups in total. The normalized spacial score (nSPS) is 15.3. The molecule has 7 nitrogen and oxygen atoms in total. The standard InChI is InChI=1S/C15H17ClN2O5/c1-2-23-15(20)10-5-7-17(8-6-10)14(19)12-9-11(18(21)22)3-4-13(12)16/h3-4,9-10H,2,5-8H2,1H3. The van der Waals surface area contributed by atoms with Gasteiger partial charge in [0.05, 0.1) is 28.0 Å². The summed E-state index contributed by atoms with van der Waals surface area (Å²) in [5.74, 6) is -0.812. The molecule has 0 spiro atoms. The van der Waals surface area contributed by atoms with Crippen molar-refractivity contribution in [1.82, 2.24) is 4.90 Å². The lowest BCUT2D eigenvalue weighted by Crippen LogP contribution is -2.40. The second-order valence-corrected chi connectivity index (χ2v) is 5.65. The molecule has 8 heteroatoms. The number of piperidine rings is 1. The predicted octanol–water partition coefficient (Wildman–Crippen LogP) is 2.66. The number of carbonyl (C=O) groups is 2. The van der Waals surface area contributed by atoms with Gasteiger partial charge in [0.2, 0.25) is 0 Å². The molecule has 23 heavy (non-hydrogen) atoms. The van der Waals surface area contributed by atoms with Crippen LogP contribution in [0.15, 0.2) is 18.2 Å². The highest BCUT2D eigenvalue weighted by molar-refractivity contribution is 6.33. The van der Waals surface area contributed by atoms with Crippen molar-refractivity contribution in [3.05, 3.63) is 38.9 Å². The summed E-state index contributed by atoms with van der Waals surface area (Å²) in [6.07, 6.45) is 1.02. The number of rotatable bonds is 4. The first-order valence-corrected chi connectivity index (χ1v) is 7.71. The van der Waals surface area contributed by atoms with Gasteiger partial charge >= 0.3 is 5.97 Å². The van der Waals surface area contributed by atoms with Crippen molar-refractivity contribution >= 4 is 29.2 Å². The lowest BCUT2D eigenvalue weighted by atomic mass is 9.96. The second kappa shape index (κ2) is 7.41. The minimum Gasteiger partial charge on any atom is -0.466 e. The third-order valence-corrected chi connectivity index (χ3v) is 4.12. The molecular weight excluding hydrogens is 324 g/mol. The molecule has 1 aromatic rings. The summed E-state index contributed by atoms with van der Waals surface area (Å²) in [6.45, 7) is 2.87. The molecule has 1 amide bonds. The maximum absolute atomic E-state index is 12.5. The summed E-state index contributed by atoms with van der Waals surface area (Å²) in [4.78, 5) is 36.0. The minimum atomic E-state index is -0.569. The molecule has 0 bridgehead atoms. The molecule has 0 radical (unpaired) electrons. The molecule has 1 aliphatic heterocycles. The highest BCUT2D eigenvalue weighted by atomic mass is 35.5. The van der Waals surface area contributed by atoms with Crippen LogP contribution < -0.4 is 0 Å². The monoisotopic (exact) mass is 340 g/mol. The molecule has 124 valence electrons. The molecule has 0 saturated carbocycles. The lowest BCUT2D eigenvalue weighted by molar-refractivity contribution is -0.384. The maximum atomic E-state index is 12.5. The number of carbonyl (C=O) groups excluding carboxylic acids is 2. The summed E-state index contributed by atoms with van der Waals surface area (Å²) in [5.41, 5.74) is -0.0744. The average molecular weight is 341 g/mol. The van der Waals surface area contributed by atoms with Crippen molar-refractivity contribution in [2.75, 3.05) is 19.7 Å². The molecule has 1 saturated heterocycles. The third-order valence-electron chi connectivity index (χ3n) is 3.79. The molecule has 1 aromatic carbocycles. The molecule has 0 atom stereocenters. The Morgan fingerprint density at radius 3 is 2.61 bits per heavy atom. The van der Waals surface area contributed by atoms with Crippen LogP contribution in [0.3, 0.4) is 0 Å². The molecule has 1 heterocycles. The van der Waals surface area contributed by atoms with Crippen LogP contribution in [0.2, 0.25) is 5.02 Å². The molecular formula is C15H17ClN2O5. The van der Waals surface area contributed by atoms with Gasteiger partial charge in [-0.05, 0) is 25.8 Å². The molecule has 0 aliphatic carbocycles. The van der Waals surface area contributed by atoms with Crippen molar-refractivity contribution in [2.45, 2.75) is 19.8 Å². The van der Waals surface area contributed by atoms with Crippen LogP contribution in [-0.4, -0.2) is 41.4 Å². The number of ether oxygens (including phenoxy) is 1. The van der Waals surface area contributed by atoms with E-state index in [2.05, 4.69) is 0 Å². The lowest BCUT2D eigenvalue weighted by Gasteiger charge is -2.31. The van der Waals surface area contributed by atoms with E-state index in [4.69, 9.17) is 16.3 Å². The zero-order valence-corrected chi connectivity index (χ0v) is 13.4. The third kappa shape index (κ3) is 3.98. The molecule has 1 aliphatic rings. The Morgan fingerprint density at radius 2 is 2.04 bits per heavy atom. The van der Waals surface area contributed by atoms with E-state index in [-0.39, 0.29) is 34.1 Å². The van der Waals surface area contributed by atoms with Crippen LogP contribution >= 0.6 is 11.6 Å². The fourth-order valence-corrected chi connectivity index (χ4v) is 2.74. The Kier molecular flexibility index (Phi) is 5.54. The van der Waals surface area contributed by atoms with Gasteiger partial charge in [0, 0.05) is 25.2 Å². The van der Waals surface area contributed by atoms with E-state index in [9.17, 15) is 19.7 Å². The van der Waals surface area contributed by atoms with Crippen molar-refractivity contribution in [1.29, 1.82) is 0 Å². The van der Waals surface area contributed by atoms with Gasteiger partial charge in [-0.25, -0.2) is 0 Å². The Hall–Kier alpha value is -2.15. The first kappa shape index (κ1) is 17.2. The van der Waals surface area contributed by atoms with Crippen molar-refractivity contribution in [3.63, 3.8) is 0 Å². The van der Waals surface area contributed by atoms with Crippen LogP contribution in [-0.2, 0) is 9.53 Å². The van der Waals surface area contributed by atoms with E-state index in [0.717, 1.165) is 0 Å². The number of nitro benzene ring substituents is 1. The van der Waals surface area contributed by atoms with E-state index in [1.165, 1.54) is 18.2 Å². The maximum Gasteiger partial charge on any atom is 0.309 e. The Balaban J connectivity index is 2.07. The summed E-state index contributed by atoms with van der Waals surface area (Å²) in [7, 11) is 0. The first-order valence-electron chi connectivity index (χ1n) is 7.34. The van der Waals surface area contributed by atoms with Crippen molar-refractivity contribution in [2.24, 2.45) is 5.92 Å².